The number of carbonyl (C=O) groups excluding carboxylic acids is 1. The number of fused-ring (bicyclic) bond motifs is 1. The summed E-state index contributed by atoms with van der Waals surface area (Å²) in [5.41, 5.74) is 2.08. The standard InChI is InChI=1S/C16H20F2N2O2/c17-16(18)9-13(10-21)19(11-16)7-6-15(22)20-8-5-12-3-1-2-4-14(12)20/h1-4,13,21H,5-11H2. The SMILES string of the molecule is O=C(CCN1CC(F)(F)CC1CO)N1CCc2ccccc21. The Morgan fingerprint density at radius 2 is 2.14 bits per heavy atom. The summed E-state index contributed by atoms with van der Waals surface area (Å²) in [4.78, 5) is 15.6. The van der Waals surface area contributed by atoms with E-state index in [4.69, 9.17) is 0 Å². The van der Waals surface area contributed by atoms with Crippen LogP contribution in [0.1, 0.15) is 18.4 Å². The van der Waals surface area contributed by atoms with E-state index in [1.807, 2.05) is 24.3 Å². The number of benzene rings is 1. The molecule has 0 bridgehead atoms. The number of halogens is 2. The molecule has 0 aliphatic carbocycles. The van der Waals surface area contributed by atoms with Crippen LogP contribution in [0.25, 0.3) is 0 Å². The Hall–Kier alpha value is -1.53. The summed E-state index contributed by atoms with van der Waals surface area (Å²) in [7, 11) is 0. The normalized spacial score (nSPS) is 23.8. The quantitative estimate of drug-likeness (QED) is 0.920. The number of amides is 1. The molecular formula is C16H20F2N2O2. The minimum atomic E-state index is -2.77. The lowest BCUT2D eigenvalue weighted by atomic mass is 10.2. The molecule has 1 N–H and O–H groups in total. The van der Waals surface area contributed by atoms with Crippen molar-refractivity contribution < 1.29 is 18.7 Å². The third-order valence-electron chi connectivity index (χ3n) is 4.50. The highest BCUT2D eigenvalue weighted by Crippen LogP contribution is 2.32. The number of aliphatic hydroxyl groups excluding tert-OH is 1. The Labute approximate surface area is 128 Å². The molecule has 6 heteroatoms. The maximum Gasteiger partial charge on any atom is 0.262 e. The summed E-state index contributed by atoms with van der Waals surface area (Å²) in [6, 6.07) is 7.22. The first-order chi connectivity index (χ1) is 10.5. The molecule has 1 fully saturated rings. The molecule has 1 saturated heterocycles. The lowest BCUT2D eigenvalue weighted by molar-refractivity contribution is -0.119. The molecule has 22 heavy (non-hydrogen) atoms. The van der Waals surface area contributed by atoms with Crippen LogP contribution in [0.15, 0.2) is 24.3 Å². The van der Waals surface area contributed by atoms with Crippen molar-refractivity contribution in [3.05, 3.63) is 29.8 Å². The largest absolute Gasteiger partial charge is 0.395 e. The van der Waals surface area contributed by atoms with Gasteiger partial charge in [0.05, 0.1) is 13.2 Å². The van der Waals surface area contributed by atoms with E-state index in [1.165, 1.54) is 4.90 Å². The fourth-order valence-corrected chi connectivity index (χ4v) is 3.38. The number of hydrogen-bond donors (Lipinski definition) is 1. The third-order valence-corrected chi connectivity index (χ3v) is 4.50. The van der Waals surface area contributed by atoms with E-state index >= 15 is 0 Å². The topological polar surface area (TPSA) is 43.8 Å². The Morgan fingerprint density at radius 1 is 1.36 bits per heavy atom. The van der Waals surface area contributed by atoms with Crippen molar-refractivity contribution in [1.29, 1.82) is 0 Å². The van der Waals surface area contributed by atoms with E-state index in [-0.39, 0.29) is 38.4 Å². The van der Waals surface area contributed by atoms with E-state index in [9.17, 15) is 18.7 Å². The zero-order valence-corrected chi connectivity index (χ0v) is 12.3. The van der Waals surface area contributed by atoms with Gasteiger partial charge in [0.1, 0.15) is 0 Å². The smallest absolute Gasteiger partial charge is 0.262 e. The minimum absolute atomic E-state index is 0.0446. The number of aliphatic hydroxyl groups is 1. The molecule has 1 unspecified atom stereocenters. The Bertz CT molecular complexity index is 565. The van der Waals surface area contributed by atoms with Gasteiger partial charge in [-0.2, -0.15) is 0 Å². The van der Waals surface area contributed by atoms with Crippen molar-refractivity contribution >= 4 is 11.6 Å². The second kappa shape index (κ2) is 5.93. The fourth-order valence-electron chi connectivity index (χ4n) is 3.38. The predicted octanol–water partition coefficient (Wildman–Crippen LogP) is 1.67. The van der Waals surface area contributed by atoms with E-state index in [1.54, 1.807) is 4.90 Å². The van der Waals surface area contributed by atoms with Crippen molar-refractivity contribution in [2.75, 3.05) is 31.1 Å². The van der Waals surface area contributed by atoms with Gasteiger partial charge in [-0.25, -0.2) is 8.78 Å². The number of nitrogens with zero attached hydrogens (tertiary/aromatic N) is 2. The number of rotatable bonds is 4. The molecule has 2 aliphatic rings. The summed E-state index contributed by atoms with van der Waals surface area (Å²) in [5, 5.41) is 9.21. The molecule has 0 aromatic heterocycles. The first-order valence-electron chi connectivity index (χ1n) is 7.61. The van der Waals surface area contributed by atoms with Crippen molar-refractivity contribution in [3.8, 4) is 0 Å². The van der Waals surface area contributed by atoms with Crippen molar-refractivity contribution in [2.45, 2.75) is 31.2 Å². The van der Waals surface area contributed by atoms with Gasteiger partial charge in [-0.05, 0) is 18.1 Å². The number of likely N-dealkylation sites (tertiary alicyclic amines) is 1. The molecule has 120 valence electrons. The Balaban J connectivity index is 1.59. The summed E-state index contributed by atoms with van der Waals surface area (Å²) in [6.45, 7) is 0.245. The minimum Gasteiger partial charge on any atom is -0.395 e. The first-order valence-corrected chi connectivity index (χ1v) is 7.61. The van der Waals surface area contributed by atoms with Crippen LogP contribution in [-0.2, 0) is 11.2 Å². The zero-order chi connectivity index (χ0) is 15.7. The van der Waals surface area contributed by atoms with Crippen LogP contribution < -0.4 is 4.90 Å². The molecule has 1 aromatic carbocycles. The second-order valence-corrected chi connectivity index (χ2v) is 6.04. The molecule has 0 spiro atoms. The Kier molecular flexibility index (Phi) is 4.14. The molecule has 0 saturated carbocycles. The van der Waals surface area contributed by atoms with Gasteiger partial charge in [0.25, 0.3) is 5.92 Å². The highest BCUT2D eigenvalue weighted by atomic mass is 19.3. The van der Waals surface area contributed by atoms with Crippen LogP contribution in [0, 0.1) is 0 Å². The van der Waals surface area contributed by atoms with E-state index in [0.29, 0.717) is 6.54 Å². The average Bonchev–Trinajstić information content (AvgIpc) is 3.05. The summed E-state index contributed by atoms with van der Waals surface area (Å²) in [5.74, 6) is -2.81. The lowest BCUT2D eigenvalue weighted by Crippen LogP contribution is -2.37. The number of hydrogen-bond acceptors (Lipinski definition) is 3. The van der Waals surface area contributed by atoms with Crippen LogP contribution in [-0.4, -0.2) is 54.1 Å². The average molecular weight is 310 g/mol. The van der Waals surface area contributed by atoms with E-state index < -0.39 is 12.0 Å². The van der Waals surface area contributed by atoms with Gasteiger partial charge >= 0.3 is 0 Å². The molecule has 1 atom stereocenters. The summed E-state index contributed by atoms with van der Waals surface area (Å²) >= 11 is 0. The van der Waals surface area contributed by atoms with Crippen molar-refractivity contribution in [1.82, 2.24) is 4.90 Å². The molecule has 1 aromatic rings. The predicted molar refractivity (Wildman–Crippen MR) is 79.1 cm³/mol. The van der Waals surface area contributed by atoms with E-state index in [0.717, 1.165) is 17.7 Å². The van der Waals surface area contributed by atoms with Crippen LogP contribution in [0.3, 0.4) is 0 Å². The summed E-state index contributed by atoms with van der Waals surface area (Å²) < 4.78 is 26.8. The zero-order valence-electron chi connectivity index (χ0n) is 12.3. The maximum atomic E-state index is 13.4. The molecular weight excluding hydrogens is 290 g/mol. The first kappa shape index (κ1) is 15.4. The monoisotopic (exact) mass is 310 g/mol. The highest BCUT2D eigenvalue weighted by Gasteiger charge is 2.44. The molecule has 0 radical (unpaired) electrons. The molecule has 1 amide bonds. The van der Waals surface area contributed by atoms with Crippen LogP contribution >= 0.6 is 0 Å². The van der Waals surface area contributed by atoms with Gasteiger partial charge in [-0.1, -0.05) is 18.2 Å². The highest BCUT2D eigenvalue weighted by molar-refractivity contribution is 5.95. The van der Waals surface area contributed by atoms with Crippen molar-refractivity contribution in [2.24, 2.45) is 0 Å². The lowest BCUT2D eigenvalue weighted by Gasteiger charge is -2.23. The van der Waals surface area contributed by atoms with Gasteiger partial charge in [0, 0.05) is 37.7 Å². The number of anilines is 1. The van der Waals surface area contributed by atoms with Gasteiger partial charge in [-0.3, -0.25) is 9.69 Å². The van der Waals surface area contributed by atoms with Gasteiger partial charge in [-0.15, -0.1) is 0 Å². The number of alkyl halides is 2. The molecule has 2 aliphatic heterocycles. The maximum absolute atomic E-state index is 13.4. The van der Waals surface area contributed by atoms with Gasteiger partial charge in [0.2, 0.25) is 5.91 Å². The number of para-hydroxylation sites is 1. The fraction of sp³-hybridized carbons (Fsp3) is 0.562. The third kappa shape index (κ3) is 2.98. The van der Waals surface area contributed by atoms with Gasteiger partial charge < -0.3 is 10.0 Å². The molecule has 2 heterocycles. The molecule has 4 nitrogen and oxygen atoms in total. The Morgan fingerprint density at radius 3 is 2.91 bits per heavy atom. The van der Waals surface area contributed by atoms with Crippen LogP contribution in [0.4, 0.5) is 14.5 Å². The summed E-state index contributed by atoms with van der Waals surface area (Å²) in [6.07, 6.45) is 0.702. The van der Waals surface area contributed by atoms with Gasteiger partial charge in [0.15, 0.2) is 0 Å². The van der Waals surface area contributed by atoms with Crippen LogP contribution in [0.5, 0.6) is 0 Å². The second-order valence-electron chi connectivity index (χ2n) is 6.04. The number of carbonyl (C=O) groups is 1. The van der Waals surface area contributed by atoms with Crippen molar-refractivity contribution in [3.63, 3.8) is 0 Å². The van der Waals surface area contributed by atoms with Crippen LogP contribution in [0.2, 0.25) is 0 Å². The molecule has 3 rings (SSSR count). The van der Waals surface area contributed by atoms with E-state index in [2.05, 4.69) is 0 Å².